The molecule has 0 aliphatic heterocycles. The van der Waals surface area contributed by atoms with E-state index < -0.39 is 6.10 Å². The Morgan fingerprint density at radius 2 is 2.18 bits per heavy atom. The van der Waals surface area contributed by atoms with Crippen LogP contribution in [-0.4, -0.2) is 9.67 Å². The van der Waals surface area contributed by atoms with Gasteiger partial charge in [0.25, 0.3) is 0 Å². The molecule has 4 heteroatoms. The molecule has 1 N–H and O–H groups in total. The van der Waals surface area contributed by atoms with Gasteiger partial charge in [-0.2, -0.15) is 0 Å². The number of hydrogen-bond acceptors (Lipinski definition) is 1. The van der Waals surface area contributed by atoms with Crippen LogP contribution in [0.3, 0.4) is 0 Å². The van der Waals surface area contributed by atoms with Gasteiger partial charge in [0.1, 0.15) is 5.82 Å². The van der Waals surface area contributed by atoms with E-state index in [0.29, 0.717) is 11.0 Å². The maximum atomic E-state index is 13.3. The van der Waals surface area contributed by atoms with Crippen molar-refractivity contribution in [2.24, 2.45) is 0 Å². The Morgan fingerprint density at radius 3 is 2.82 bits per heavy atom. The standard InChI is InChI=1S/C13H13BrFNO/c1-9(17)10-5-6-16(7-10)8-11-3-2-4-12(15)13(11)14/h2-7,9,17H,8H2,1H3. The normalized spacial score (nSPS) is 12.7. The minimum absolute atomic E-state index is 0.259. The maximum Gasteiger partial charge on any atom is 0.137 e. The highest BCUT2D eigenvalue weighted by Crippen LogP contribution is 2.22. The third-order valence-electron chi connectivity index (χ3n) is 2.64. The highest BCUT2D eigenvalue weighted by Gasteiger charge is 2.07. The summed E-state index contributed by atoms with van der Waals surface area (Å²) in [6.45, 7) is 2.29. The van der Waals surface area contributed by atoms with Crippen LogP contribution < -0.4 is 0 Å². The van der Waals surface area contributed by atoms with Crippen LogP contribution in [0.15, 0.2) is 41.1 Å². The van der Waals surface area contributed by atoms with Crippen molar-refractivity contribution in [2.75, 3.05) is 0 Å². The highest BCUT2D eigenvalue weighted by atomic mass is 79.9. The summed E-state index contributed by atoms with van der Waals surface area (Å²) in [7, 11) is 0. The predicted octanol–water partition coefficient (Wildman–Crippen LogP) is 3.49. The summed E-state index contributed by atoms with van der Waals surface area (Å²) in [6, 6.07) is 6.84. The lowest BCUT2D eigenvalue weighted by Crippen LogP contribution is -1.99. The number of aromatic nitrogens is 1. The van der Waals surface area contributed by atoms with Crippen LogP contribution in [0.25, 0.3) is 0 Å². The zero-order valence-electron chi connectivity index (χ0n) is 9.40. The van der Waals surface area contributed by atoms with E-state index in [1.807, 2.05) is 29.1 Å². The molecule has 1 aromatic carbocycles. The number of rotatable bonds is 3. The first-order valence-corrected chi connectivity index (χ1v) is 6.14. The molecule has 1 atom stereocenters. The third kappa shape index (κ3) is 2.76. The Labute approximate surface area is 108 Å². The number of aliphatic hydroxyl groups is 1. The largest absolute Gasteiger partial charge is 0.389 e. The van der Waals surface area contributed by atoms with E-state index in [4.69, 9.17) is 0 Å². The highest BCUT2D eigenvalue weighted by molar-refractivity contribution is 9.10. The predicted molar refractivity (Wildman–Crippen MR) is 68.3 cm³/mol. The van der Waals surface area contributed by atoms with Crippen molar-refractivity contribution in [1.29, 1.82) is 0 Å². The van der Waals surface area contributed by atoms with Gasteiger partial charge in [-0.15, -0.1) is 0 Å². The molecule has 1 aromatic heterocycles. The number of aliphatic hydroxyl groups excluding tert-OH is 1. The molecule has 0 aliphatic carbocycles. The van der Waals surface area contributed by atoms with Gasteiger partial charge in [0.05, 0.1) is 10.6 Å². The first-order chi connectivity index (χ1) is 8.08. The second kappa shape index (κ2) is 5.02. The van der Waals surface area contributed by atoms with Crippen LogP contribution in [0, 0.1) is 5.82 Å². The van der Waals surface area contributed by atoms with Gasteiger partial charge in [0.15, 0.2) is 0 Å². The van der Waals surface area contributed by atoms with Gasteiger partial charge >= 0.3 is 0 Å². The monoisotopic (exact) mass is 297 g/mol. The maximum absolute atomic E-state index is 13.3. The molecule has 0 fully saturated rings. The molecule has 0 radical (unpaired) electrons. The third-order valence-corrected chi connectivity index (χ3v) is 3.53. The van der Waals surface area contributed by atoms with Crippen molar-refractivity contribution in [3.05, 3.63) is 58.1 Å². The number of halogens is 2. The van der Waals surface area contributed by atoms with Gasteiger partial charge in [0, 0.05) is 18.9 Å². The molecular formula is C13H13BrFNO. The van der Waals surface area contributed by atoms with Crippen LogP contribution >= 0.6 is 15.9 Å². The summed E-state index contributed by atoms with van der Waals surface area (Å²) < 4.78 is 15.7. The fraction of sp³-hybridized carbons (Fsp3) is 0.231. The van der Waals surface area contributed by atoms with Crippen LogP contribution in [0.1, 0.15) is 24.2 Å². The van der Waals surface area contributed by atoms with Gasteiger partial charge in [-0.3, -0.25) is 0 Å². The molecule has 0 bridgehead atoms. The molecule has 2 nitrogen and oxygen atoms in total. The van der Waals surface area contributed by atoms with E-state index in [9.17, 15) is 9.50 Å². The van der Waals surface area contributed by atoms with Crippen LogP contribution in [0.4, 0.5) is 4.39 Å². The first kappa shape index (κ1) is 12.3. The van der Waals surface area contributed by atoms with Crippen molar-refractivity contribution >= 4 is 15.9 Å². The Balaban J connectivity index is 2.22. The lowest BCUT2D eigenvalue weighted by Gasteiger charge is -2.06. The average molecular weight is 298 g/mol. The molecule has 0 spiro atoms. The fourth-order valence-electron chi connectivity index (χ4n) is 1.67. The molecule has 17 heavy (non-hydrogen) atoms. The molecule has 1 unspecified atom stereocenters. The molecule has 0 saturated carbocycles. The molecule has 2 aromatic rings. The topological polar surface area (TPSA) is 25.2 Å². The van der Waals surface area contributed by atoms with Crippen molar-refractivity contribution in [1.82, 2.24) is 4.57 Å². The van der Waals surface area contributed by atoms with Gasteiger partial charge in [-0.1, -0.05) is 12.1 Å². The van der Waals surface area contributed by atoms with E-state index in [0.717, 1.165) is 11.1 Å². The molecule has 90 valence electrons. The van der Waals surface area contributed by atoms with Crippen LogP contribution in [0.5, 0.6) is 0 Å². The van der Waals surface area contributed by atoms with E-state index in [-0.39, 0.29) is 5.82 Å². The summed E-state index contributed by atoms with van der Waals surface area (Å²) in [6.07, 6.45) is 3.26. The van der Waals surface area contributed by atoms with Gasteiger partial charge in [0.2, 0.25) is 0 Å². The second-order valence-electron chi connectivity index (χ2n) is 4.01. The Kier molecular flexibility index (Phi) is 3.64. The Hall–Kier alpha value is -1.13. The van der Waals surface area contributed by atoms with Gasteiger partial charge in [-0.25, -0.2) is 4.39 Å². The van der Waals surface area contributed by atoms with Crippen LogP contribution in [0.2, 0.25) is 0 Å². The lowest BCUT2D eigenvalue weighted by molar-refractivity contribution is 0.199. The zero-order chi connectivity index (χ0) is 12.4. The molecule has 0 amide bonds. The SMILES string of the molecule is CC(O)c1ccn(Cc2cccc(F)c2Br)c1. The zero-order valence-corrected chi connectivity index (χ0v) is 11.0. The molecule has 1 heterocycles. The van der Waals surface area contributed by atoms with Crippen molar-refractivity contribution in [2.45, 2.75) is 19.6 Å². The summed E-state index contributed by atoms with van der Waals surface area (Å²) in [4.78, 5) is 0. The minimum atomic E-state index is -0.479. The smallest absolute Gasteiger partial charge is 0.137 e. The lowest BCUT2D eigenvalue weighted by atomic mass is 10.2. The van der Waals surface area contributed by atoms with E-state index in [1.165, 1.54) is 6.07 Å². The summed E-state index contributed by atoms with van der Waals surface area (Å²) in [5, 5.41) is 9.42. The van der Waals surface area contributed by atoms with E-state index in [1.54, 1.807) is 13.0 Å². The van der Waals surface area contributed by atoms with Crippen molar-refractivity contribution in [3.8, 4) is 0 Å². The van der Waals surface area contributed by atoms with Gasteiger partial charge < -0.3 is 9.67 Å². The number of nitrogens with zero attached hydrogens (tertiary/aromatic N) is 1. The first-order valence-electron chi connectivity index (χ1n) is 5.34. The fourth-order valence-corrected chi connectivity index (χ4v) is 2.06. The number of hydrogen-bond donors (Lipinski definition) is 1. The Bertz CT molecular complexity index is 522. The number of benzene rings is 1. The molecule has 0 aliphatic rings. The van der Waals surface area contributed by atoms with E-state index in [2.05, 4.69) is 15.9 Å². The Morgan fingerprint density at radius 1 is 1.41 bits per heavy atom. The molecule has 2 rings (SSSR count). The average Bonchev–Trinajstić information content (AvgIpc) is 2.73. The minimum Gasteiger partial charge on any atom is -0.389 e. The van der Waals surface area contributed by atoms with E-state index >= 15 is 0 Å². The molecular weight excluding hydrogens is 285 g/mol. The van der Waals surface area contributed by atoms with Crippen molar-refractivity contribution < 1.29 is 9.50 Å². The summed E-state index contributed by atoms with van der Waals surface area (Å²) in [5.41, 5.74) is 1.73. The molecule has 0 saturated heterocycles. The second-order valence-corrected chi connectivity index (χ2v) is 4.80. The summed E-state index contributed by atoms with van der Waals surface area (Å²) in [5.74, 6) is -0.259. The van der Waals surface area contributed by atoms with Crippen molar-refractivity contribution in [3.63, 3.8) is 0 Å². The quantitative estimate of drug-likeness (QED) is 0.922. The summed E-state index contributed by atoms with van der Waals surface area (Å²) >= 11 is 3.24. The van der Waals surface area contributed by atoms with Crippen LogP contribution in [-0.2, 0) is 6.54 Å². The van der Waals surface area contributed by atoms with Gasteiger partial charge in [-0.05, 0) is 46.1 Å².